The van der Waals surface area contributed by atoms with Crippen molar-refractivity contribution >= 4 is 23.1 Å². The van der Waals surface area contributed by atoms with Crippen molar-refractivity contribution in [1.82, 2.24) is 15.5 Å². The Bertz CT molecular complexity index is 417. The number of nitrogens with one attached hydrogen (secondary N) is 1. The lowest BCUT2D eigenvalue weighted by atomic mass is 9.81. The van der Waals surface area contributed by atoms with E-state index in [1.165, 1.54) is 0 Å². The van der Waals surface area contributed by atoms with Crippen LogP contribution in [0.3, 0.4) is 0 Å². The molecule has 6 heteroatoms. The van der Waals surface area contributed by atoms with E-state index in [4.69, 9.17) is 18.0 Å². The first kappa shape index (κ1) is 14.5. The first-order valence-corrected chi connectivity index (χ1v) is 6.32. The predicted octanol–water partition coefficient (Wildman–Crippen LogP) is 1.19. The average molecular weight is 266 g/mol. The molecule has 0 aliphatic heterocycles. The van der Waals surface area contributed by atoms with Crippen molar-refractivity contribution in [3.8, 4) is 0 Å². The molecule has 3 N–H and O–H groups in total. The third-order valence-corrected chi connectivity index (χ3v) is 3.56. The third-order valence-electron chi connectivity index (χ3n) is 3.17. The van der Waals surface area contributed by atoms with Crippen molar-refractivity contribution in [3.63, 3.8) is 0 Å². The van der Waals surface area contributed by atoms with E-state index in [0.29, 0.717) is 25.1 Å². The fourth-order valence-corrected chi connectivity index (χ4v) is 2.18. The van der Waals surface area contributed by atoms with Gasteiger partial charge in [-0.3, -0.25) is 4.79 Å². The van der Waals surface area contributed by atoms with Crippen molar-refractivity contribution in [2.45, 2.75) is 33.2 Å². The Hall–Kier alpha value is -1.56. The molecule has 1 aromatic heterocycles. The maximum atomic E-state index is 12.2. The van der Waals surface area contributed by atoms with Gasteiger partial charge in [0.1, 0.15) is 0 Å². The monoisotopic (exact) mass is 266 g/mol. The first-order valence-electron chi connectivity index (χ1n) is 5.91. The summed E-state index contributed by atoms with van der Waals surface area (Å²) in [5, 5.41) is 10.5. The summed E-state index contributed by atoms with van der Waals surface area (Å²) in [7, 11) is 0. The number of thiocarbonyl (C=S) groups is 1. The van der Waals surface area contributed by atoms with Gasteiger partial charge in [-0.15, -0.1) is 0 Å². The molecule has 18 heavy (non-hydrogen) atoms. The molecule has 0 aliphatic carbocycles. The van der Waals surface area contributed by atoms with E-state index in [2.05, 4.69) is 15.5 Å². The van der Waals surface area contributed by atoms with Crippen LogP contribution in [0.4, 0.5) is 0 Å². The summed E-state index contributed by atoms with van der Waals surface area (Å²) in [5.74, 6) is -0.148. The second-order valence-corrected chi connectivity index (χ2v) is 4.49. The molecule has 0 saturated carbocycles. The summed E-state index contributed by atoms with van der Waals surface area (Å²) in [5.41, 5.74) is 5.64. The summed E-state index contributed by atoms with van der Waals surface area (Å²) >= 11 is 5.02. The summed E-state index contributed by atoms with van der Waals surface area (Å²) in [6.45, 7) is 4.15. The number of nitrogens with two attached hydrogens (primary N) is 1. The Morgan fingerprint density at radius 1 is 1.50 bits per heavy atom. The van der Waals surface area contributed by atoms with Gasteiger partial charge in [0.05, 0.1) is 22.6 Å². The van der Waals surface area contributed by atoms with Crippen LogP contribution in [-0.4, -0.2) is 21.1 Å². The van der Waals surface area contributed by atoms with E-state index in [9.17, 15) is 4.79 Å². The molecule has 0 aliphatic rings. The molecule has 0 unspecified atom stereocenters. The lowest BCUT2D eigenvalue weighted by Gasteiger charge is -2.28. The van der Waals surface area contributed by atoms with Crippen LogP contribution in [0.5, 0.6) is 0 Å². The molecule has 0 atom stereocenters. The highest BCUT2D eigenvalue weighted by Gasteiger charge is 2.37. The molecule has 0 spiro atoms. The standard InChI is InChI=1S/C12H18N4OS/c1-3-12(4-2,10(13)18)11(17)14-8-9-6-5-7-15-16-9/h5-7H,3-4,8H2,1-2H3,(H2,13,18)(H,14,17). The molecule has 1 heterocycles. The van der Waals surface area contributed by atoms with Crippen LogP contribution in [-0.2, 0) is 11.3 Å². The molecule has 1 rings (SSSR count). The molecule has 0 aromatic carbocycles. The topological polar surface area (TPSA) is 80.9 Å². The highest BCUT2D eigenvalue weighted by molar-refractivity contribution is 7.80. The summed E-state index contributed by atoms with van der Waals surface area (Å²) in [6, 6.07) is 3.57. The van der Waals surface area contributed by atoms with Gasteiger partial charge in [0.2, 0.25) is 5.91 Å². The number of hydrogen-bond donors (Lipinski definition) is 2. The van der Waals surface area contributed by atoms with Gasteiger partial charge in [0.15, 0.2) is 0 Å². The largest absolute Gasteiger partial charge is 0.392 e. The molecule has 0 saturated heterocycles. The second kappa shape index (κ2) is 6.39. The molecule has 98 valence electrons. The Morgan fingerprint density at radius 2 is 2.17 bits per heavy atom. The quantitative estimate of drug-likeness (QED) is 0.756. The molecule has 0 radical (unpaired) electrons. The SMILES string of the molecule is CCC(CC)(C(=O)NCc1cccnn1)C(N)=S. The third kappa shape index (κ3) is 3.01. The van der Waals surface area contributed by atoms with Crippen molar-refractivity contribution in [2.75, 3.05) is 0 Å². The molecule has 0 fully saturated rings. The van der Waals surface area contributed by atoms with Crippen LogP contribution in [0, 0.1) is 5.41 Å². The van der Waals surface area contributed by atoms with E-state index in [1.54, 1.807) is 18.3 Å². The van der Waals surface area contributed by atoms with Crippen molar-refractivity contribution < 1.29 is 4.79 Å². The summed E-state index contributed by atoms with van der Waals surface area (Å²) < 4.78 is 0. The minimum Gasteiger partial charge on any atom is -0.392 e. The van der Waals surface area contributed by atoms with Crippen LogP contribution in [0.1, 0.15) is 32.4 Å². The maximum absolute atomic E-state index is 12.2. The number of hydrogen-bond acceptors (Lipinski definition) is 4. The van der Waals surface area contributed by atoms with E-state index in [0.717, 1.165) is 0 Å². The Kier molecular flexibility index (Phi) is 5.15. The van der Waals surface area contributed by atoms with Crippen LogP contribution in [0.25, 0.3) is 0 Å². The van der Waals surface area contributed by atoms with Gasteiger partial charge in [-0.1, -0.05) is 26.1 Å². The molecule has 5 nitrogen and oxygen atoms in total. The first-order chi connectivity index (χ1) is 8.56. The number of rotatable bonds is 6. The Balaban J connectivity index is 2.72. The zero-order valence-electron chi connectivity index (χ0n) is 10.6. The fraction of sp³-hybridized carbons (Fsp3) is 0.500. The zero-order valence-corrected chi connectivity index (χ0v) is 11.5. The molecule has 0 bridgehead atoms. The highest BCUT2D eigenvalue weighted by Crippen LogP contribution is 2.27. The Morgan fingerprint density at radius 3 is 2.61 bits per heavy atom. The van der Waals surface area contributed by atoms with Gasteiger partial charge in [0, 0.05) is 6.20 Å². The lowest BCUT2D eigenvalue weighted by Crippen LogP contribution is -2.48. The van der Waals surface area contributed by atoms with E-state index < -0.39 is 5.41 Å². The van der Waals surface area contributed by atoms with Crippen molar-refractivity contribution in [1.29, 1.82) is 0 Å². The Labute approximate surface area is 112 Å². The van der Waals surface area contributed by atoms with Crippen molar-refractivity contribution in [3.05, 3.63) is 24.0 Å². The molecule has 1 amide bonds. The smallest absolute Gasteiger partial charge is 0.233 e. The van der Waals surface area contributed by atoms with Gasteiger partial charge in [-0.05, 0) is 25.0 Å². The summed E-state index contributed by atoms with van der Waals surface area (Å²) in [4.78, 5) is 12.5. The minimum atomic E-state index is -0.766. The van der Waals surface area contributed by atoms with Crippen LogP contribution >= 0.6 is 12.2 Å². The number of amides is 1. The van der Waals surface area contributed by atoms with E-state index in [1.807, 2.05) is 13.8 Å². The van der Waals surface area contributed by atoms with Gasteiger partial charge >= 0.3 is 0 Å². The van der Waals surface area contributed by atoms with Crippen molar-refractivity contribution in [2.24, 2.45) is 11.1 Å². The van der Waals surface area contributed by atoms with E-state index in [-0.39, 0.29) is 10.9 Å². The van der Waals surface area contributed by atoms with Crippen LogP contribution < -0.4 is 11.1 Å². The zero-order chi connectivity index (χ0) is 13.6. The summed E-state index contributed by atoms with van der Waals surface area (Å²) in [6.07, 6.45) is 2.76. The predicted molar refractivity (Wildman–Crippen MR) is 73.7 cm³/mol. The van der Waals surface area contributed by atoms with Gasteiger partial charge in [0.25, 0.3) is 0 Å². The second-order valence-electron chi connectivity index (χ2n) is 4.05. The molecular formula is C12H18N4OS. The molecular weight excluding hydrogens is 248 g/mol. The minimum absolute atomic E-state index is 0.148. The number of nitrogens with zero attached hydrogens (tertiary/aromatic N) is 2. The highest BCUT2D eigenvalue weighted by atomic mass is 32.1. The normalized spacial score (nSPS) is 11.0. The van der Waals surface area contributed by atoms with Gasteiger partial charge in [-0.25, -0.2) is 0 Å². The lowest BCUT2D eigenvalue weighted by molar-refractivity contribution is -0.128. The van der Waals surface area contributed by atoms with Gasteiger partial charge in [-0.2, -0.15) is 10.2 Å². The number of carbonyl (C=O) groups is 1. The number of aromatic nitrogens is 2. The van der Waals surface area contributed by atoms with Gasteiger partial charge < -0.3 is 11.1 Å². The maximum Gasteiger partial charge on any atom is 0.233 e. The average Bonchev–Trinajstić information content (AvgIpc) is 2.39. The van der Waals surface area contributed by atoms with Crippen LogP contribution in [0.2, 0.25) is 0 Å². The number of carbonyl (C=O) groups excluding carboxylic acids is 1. The fourth-order valence-electron chi connectivity index (χ4n) is 1.80. The van der Waals surface area contributed by atoms with E-state index >= 15 is 0 Å². The van der Waals surface area contributed by atoms with Crippen LogP contribution in [0.15, 0.2) is 18.3 Å². The molecule has 1 aromatic rings.